The standard InChI is InChI=1S/C22H18N4O3S/c1-13-17-12-19(30-21(17)26(24-13)16-5-3-2-4-6-16)20(27)23-15-7-8-18-14(11-15)9-10-25(18)22(28)29/h2-8,11-12H,9-10H2,1H3,(H,23,27)(H,28,29). The average Bonchev–Trinajstić information content (AvgIpc) is 3.43. The van der Waals surface area contributed by atoms with Gasteiger partial charge < -0.3 is 10.4 Å². The van der Waals surface area contributed by atoms with Gasteiger partial charge in [-0.3, -0.25) is 9.69 Å². The Kier molecular flexibility index (Phi) is 4.29. The van der Waals surface area contributed by atoms with Crippen molar-refractivity contribution >= 4 is 44.9 Å². The summed E-state index contributed by atoms with van der Waals surface area (Å²) in [5.74, 6) is -0.191. The normalized spacial score (nSPS) is 12.9. The van der Waals surface area contributed by atoms with E-state index in [0.717, 1.165) is 27.2 Å². The van der Waals surface area contributed by atoms with Crippen LogP contribution in [0, 0.1) is 6.92 Å². The van der Waals surface area contributed by atoms with Crippen LogP contribution >= 0.6 is 11.3 Å². The Balaban J connectivity index is 1.43. The monoisotopic (exact) mass is 418 g/mol. The van der Waals surface area contributed by atoms with Gasteiger partial charge in [-0.1, -0.05) is 18.2 Å². The smallest absolute Gasteiger partial charge is 0.411 e. The van der Waals surface area contributed by atoms with E-state index in [1.54, 1.807) is 12.1 Å². The molecule has 2 amide bonds. The first-order valence-electron chi connectivity index (χ1n) is 9.50. The maximum atomic E-state index is 12.9. The predicted octanol–water partition coefficient (Wildman–Crippen LogP) is 4.69. The van der Waals surface area contributed by atoms with Crippen molar-refractivity contribution in [3.05, 3.63) is 70.7 Å². The molecule has 0 saturated heterocycles. The maximum Gasteiger partial charge on any atom is 0.411 e. The summed E-state index contributed by atoms with van der Waals surface area (Å²) in [4.78, 5) is 27.0. The zero-order valence-corrected chi connectivity index (χ0v) is 16.9. The molecule has 0 bridgehead atoms. The van der Waals surface area contributed by atoms with Crippen LogP contribution in [-0.2, 0) is 6.42 Å². The number of anilines is 2. The highest BCUT2D eigenvalue weighted by molar-refractivity contribution is 7.20. The minimum absolute atomic E-state index is 0.191. The summed E-state index contributed by atoms with van der Waals surface area (Å²) in [6.45, 7) is 2.37. The number of rotatable bonds is 3. The Labute approximate surface area is 176 Å². The van der Waals surface area contributed by atoms with Crippen molar-refractivity contribution in [1.82, 2.24) is 9.78 Å². The number of hydrogen-bond donors (Lipinski definition) is 2. The molecule has 5 rings (SSSR count). The number of fused-ring (bicyclic) bond motifs is 2. The lowest BCUT2D eigenvalue weighted by Crippen LogP contribution is -2.26. The first kappa shape index (κ1) is 18.4. The van der Waals surface area contributed by atoms with Crippen molar-refractivity contribution in [1.29, 1.82) is 0 Å². The highest BCUT2D eigenvalue weighted by atomic mass is 32.1. The molecule has 0 aliphatic carbocycles. The van der Waals surface area contributed by atoms with Crippen molar-refractivity contribution in [2.75, 3.05) is 16.8 Å². The van der Waals surface area contributed by atoms with Crippen molar-refractivity contribution in [3.63, 3.8) is 0 Å². The van der Waals surface area contributed by atoms with Gasteiger partial charge in [-0.05, 0) is 55.3 Å². The third-order valence-electron chi connectivity index (χ3n) is 5.23. The summed E-state index contributed by atoms with van der Waals surface area (Å²) < 4.78 is 1.86. The van der Waals surface area contributed by atoms with Gasteiger partial charge in [0.15, 0.2) is 0 Å². The van der Waals surface area contributed by atoms with Crippen LogP contribution in [0.2, 0.25) is 0 Å². The second kappa shape index (κ2) is 7.00. The molecular weight excluding hydrogens is 400 g/mol. The van der Waals surface area contributed by atoms with Crippen LogP contribution in [0.3, 0.4) is 0 Å². The highest BCUT2D eigenvalue weighted by Crippen LogP contribution is 2.33. The molecule has 2 N–H and O–H groups in total. The highest BCUT2D eigenvalue weighted by Gasteiger charge is 2.24. The van der Waals surface area contributed by atoms with E-state index in [-0.39, 0.29) is 5.91 Å². The van der Waals surface area contributed by atoms with Crippen molar-refractivity contribution in [2.24, 2.45) is 0 Å². The van der Waals surface area contributed by atoms with E-state index in [1.807, 2.05) is 54.1 Å². The second-order valence-corrected chi connectivity index (χ2v) is 8.17. The van der Waals surface area contributed by atoms with Gasteiger partial charge >= 0.3 is 6.09 Å². The van der Waals surface area contributed by atoms with E-state index >= 15 is 0 Å². The van der Waals surface area contributed by atoms with Gasteiger partial charge in [-0.2, -0.15) is 5.10 Å². The zero-order valence-electron chi connectivity index (χ0n) is 16.1. The fourth-order valence-corrected chi connectivity index (χ4v) is 4.85. The number of carbonyl (C=O) groups is 2. The molecule has 0 atom stereocenters. The molecule has 7 nitrogen and oxygen atoms in total. The molecule has 0 saturated carbocycles. The second-order valence-electron chi connectivity index (χ2n) is 7.14. The number of aromatic nitrogens is 2. The van der Waals surface area contributed by atoms with E-state index in [9.17, 15) is 14.7 Å². The summed E-state index contributed by atoms with van der Waals surface area (Å²) in [7, 11) is 0. The Morgan fingerprint density at radius 1 is 1.13 bits per heavy atom. The molecule has 0 fully saturated rings. The fourth-order valence-electron chi connectivity index (χ4n) is 3.77. The molecule has 0 unspecified atom stereocenters. The number of carboxylic acid groups (broad SMARTS) is 1. The van der Waals surface area contributed by atoms with Crippen LogP contribution in [0.5, 0.6) is 0 Å². The van der Waals surface area contributed by atoms with Crippen LogP contribution in [-0.4, -0.2) is 33.4 Å². The topological polar surface area (TPSA) is 87.5 Å². The lowest BCUT2D eigenvalue weighted by Gasteiger charge is -2.13. The van der Waals surface area contributed by atoms with Gasteiger partial charge in [0.2, 0.25) is 0 Å². The first-order valence-corrected chi connectivity index (χ1v) is 10.3. The average molecular weight is 418 g/mol. The Hall–Kier alpha value is -3.65. The lowest BCUT2D eigenvalue weighted by molar-refractivity contribution is 0.103. The molecule has 3 heterocycles. The van der Waals surface area contributed by atoms with E-state index < -0.39 is 6.09 Å². The quantitative estimate of drug-likeness (QED) is 0.505. The van der Waals surface area contributed by atoms with E-state index in [1.165, 1.54) is 16.2 Å². The number of hydrogen-bond acceptors (Lipinski definition) is 4. The van der Waals surface area contributed by atoms with Gasteiger partial charge in [0.05, 0.1) is 21.9 Å². The van der Waals surface area contributed by atoms with Crippen molar-refractivity contribution in [3.8, 4) is 5.69 Å². The Morgan fingerprint density at radius 2 is 1.93 bits per heavy atom. The molecule has 150 valence electrons. The molecule has 0 radical (unpaired) electrons. The van der Waals surface area contributed by atoms with Gasteiger partial charge in [-0.15, -0.1) is 11.3 Å². The van der Waals surface area contributed by atoms with E-state index in [2.05, 4.69) is 10.4 Å². The van der Waals surface area contributed by atoms with Gasteiger partial charge in [-0.25, -0.2) is 9.48 Å². The predicted molar refractivity (Wildman–Crippen MR) is 117 cm³/mol. The largest absolute Gasteiger partial charge is 0.465 e. The summed E-state index contributed by atoms with van der Waals surface area (Å²) in [6.07, 6.45) is -0.320. The molecule has 1 aliphatic heterocycles. The van der Waals surface area contributed by atoms with Crippen LogP contribution in [0.1, 0.15) is 20.9 Å². The van der Waals surface area contributed by atoms with E-state index in [0.29, 0.717) is 29.2 Å². The minimum atomic E-state index is -0.960. The van der Waals surface area contributed by atoms with Gasteiger partial charge in [0.1, 0.15) is 4.83 Å². The molecule has 2 aromatic carbocycles. The Morgan fingerprint density at radius 3 is 2.70 bits per heavy atom. The van der Waals surface area contributed by atoms with Gasteiger partial charge in [0, 0.05) is 17.6 Å². The van der Waals surface area contributed by atoms with Crippen LogP contribution in [0.25, 0.3) is 15.9 Å². The SMILES string of the molecule is Cc1nn(-c2ccccc2)c2sc(C(=O)Nc3ccc4c(c3)CCN4C(=O)O)cc12. The number of aryl methyl sites for hydroxylation is 1. The summed E-state index contributed by atoms with van der Waals surface area (Å²) in [5, 5.41) is 17.8. The van der Waals surface area contributed by atoms with Crippen LogP contribution in [0.15, 0.2) is 54.6 Å². The number of nitrogens with zero attached hydrogens (tertiary/aromatic N) is 3. The van der Waals surface area contributed by atoms with Gasteiger partial charge in [0.25, 0.3) is 5.91 Å². The summed E-state index contributed by atoms with van der Waals surface area (Å²) in [5.41, 5.74) is 4.08. The Bertz CT molecular complexity index is 1290. The third-order valence-corrected chi connectivity index (χ3v) is 6.34. The molecule has 1 aliphatic rings. The van der Waals surface area contributed by atoms with Crippen molar-refractivity contribution < 1.29 is 14.7 Å². The molecule has 8 heteroatoms. The number of carbonyl (C=O) groups excluding carboxylic acids is 1. The lowest BCUT2D eigenvalue weighted by atomic mass is 10.1. The minimum Gasteiger partial charge on any atom is -0.465 e. The van der Waals surface area contributed by atoms with Crippen LogP contribution < -0.4 is 10.2 Å². The van der Waals surface area contributed by atoms with E-state index in [4.69, 9.17) is 0 Å². The third kappa shape index (κ3) is 3.02. The number of amides is 2. The number of nitrogens with one attached hydrogen (secondary N) is 1. The first-order chi connectivity index (χ1) is 14.5. The number of benzene rings is 2. The molecule has 2 aromatic heterocycles. The molecule has 4 aromatic rings. The van der Waals surface area contributed by atoms with Crippen molar-refractivity contribution in [2.45, 2.75) is 13.3 Å². The number of para-hydroxylation sites is 1. The molecule has 30 heavy (non-hydrogen) atoms. The molecule has 0 spiro atoms. The fraction of sp³-hybridized carbons (Fsp3) is 0.136. The molecular formula is C22H18N4O3S. The van der Waals surface area contributed by atoms with Crippen LogP contribution in [0.4, 0.5) is 16.2 Å². The summed E-state index contributed by atoms with van der Waals surface area (Å²) >= 11 is 1.40. The number of thiophene rings is 1. The summed E-state index contributed by atoms with van der Waals surface area (Å²) in [6, 6.07) is 17.0. The zero-order chi connectivity index (χ0) is 20.8. The maximum absolute atomic E-state index is 12.9.